The van der Waals surface area contributed by atoms with Crippen molar-refractivity contribution in [2.45, 2.75) is 25.4 Å². The summed E-state index contributed by atoms with van der Waals surface area (Å²) >= 11 is 1.46. The first-order valence-electron chi connectivity index (χ1n) is 8.78. The Kier molecular flexibility index (Phi) is 6.20. The number of aromatic carboxylic acids is 1. The molecule has 0 unspecified atom stereocenters. The number of rotatable bonds is 8. The Morgan fingerprint density at radius 1 is 1.18 bits per heavy atom. The van der Waals surface area contributed by atoms with Gasteiger partial charge in [-0.1, -0.05) is 35.5 Å². The summed E-state index contributed by atoms with van der Waals surface area (Å²) in [7, 11) is 0. The number of hydrogen-bond donors (Lipinski definition) is 2. The summed E-state index contributed by atoms with van der Waals surface area (Å²) in [6, 6.07) is 12.6. The van der Waals surface area contributed by atoms with Crippen LogP contribution in [0.15, 0.2) is 47.6 Å². The molecule has 2 aromatic carbocycles. The van der Waals surface area contributed by atoms with Crippen molar-refractivity contribution in [3.05, 3.63) is 70.5 Å². The maximum absolute atomic E-state index is 10.8. The molecule has 0 atom stereocenters. The number of carboxylic acid groups (broad SMARTS) is 1. The van der Waals surface area contributed by atoms with Gasteiger partial charge < -0.3 is 15.7 Å². The van der Waals surface area contributed by atoms with Crippen molar-refractivity contribution in [3.8, 4) is 5.75 Å². The molecule has 3 rings (SSSR count). The Bertz CT molecular complexity index is 970. The number of carbonyl (C=O) groups is 1. The van der Waals surface area contributed by atoms with Crippen molar-refractivity contribution in [2.75, 3.05) is 18.2 Å². The molecule has 0 saturated heterocycles. The van der Waals surface area contributed by atoms with E-state index in [9.17, 15) is 4.79 Å². The molecule has 7 nitrogen and oxygen atoms in total. The maximum Gasteiger partial charge on any atom is 0.335 e. The molecule has 3 N–H and O–H groups in total. The van der Waals surface area contributed by atoms with E-state index in [4.69, 9.17) is 15.7 Å². The molecule has 1 aromatic heterocycles. The van der Waals surface area contributed by atoms with Gasteiger partial charge in [0.15, 0.2) is 5.82 Å². The lowest BCUT2D eigenvalue weighted by Crippen LogP contribution is -2.15. The Hall–Kier alpha value is -3.00. The monoisotopic (exact) mass is 398 g/mol. The SMILES string of the molecule is Cc1ccc(C)c(Cc2nnc(SCCOc3ccc(C(=O)O)cc3)n2N)c1. The number of carboxylic acids is 1. The predicted molar refractivity (Wildman–Crippen MR) is 109 cm³/mol. The molecular weight excluding hydrogens is 376 g/mol. The molecule has 1 heterocycles. The molecule has 3 aromatic rings. The number of nitrogens with zero attached hydrogens (tertiary/aromatic N) is 3. The number of ether oxygens (including phenoxy) is 1. The summed E-state index contributed by atoms with van der Waals surface area (Å²) in [4.78, 5) is 10.8. The van der Waals surface area contributed by atoms with Gasteiger partial charge in [0.05, 0.1) is 12.2 Å². The van der Waals surface area contributed by atoms with Gasteiger partial charge in [-0.3, -0.25) is 0 Å². The standard InChI is InChI=1S/C20H22N4O3S/c1-13-3-4-14(2)16(11-13)12-18-22-23-20(24(18)21)28-10-9-27-17-7-5-15(6-8-17)19(25)26/h3-8,11H,9-10,12,21H2,1-2H3,(H,25,26). The molecule has 0 radical (unpaired) electrons. The zero-order valence-corrected chi connectivity index (χ0v) is 16.6. The van der Waals surface area contributed by atoms with Crippen molar-refractivity contribution >= 4 is 17.7 Å². The maximum atomic E-state index is 10.8. The number of nitrogen functional groups attached to an aromatic ring is 1. The Morgan fingerprint density at radius 2 is 1.93 bits per heavy atom. The fourth-order valence-corrected chi connectivity index (χ4v) is 3.37. The van der Waals surface area contributed by atoms with E-state index in [2.05, 4.69) is 42.2 Å². The van der Waals surface area contributed by atoms with Gasteiger partial charge in [-0.25, -0.2) is 9.47 Å². The third-order valence-corrected chi connectivity index (χ3v) is 5.18. The van der Waals surface area contributed by atoms with Gasteiger partial charge >= 0.3 is 5.97 Å². The highest BCUT2D eigenvalue weighted by Crippen LogP contribution is 2.19. The van der Waals surface area contributed by atoms with E-state index in [1.54, 1.807) is 12.1 Å². The number of hydrogen-bond acceptors (Lipinski definition) is 6. The van der Waals surface area contributed by atoms with Gasteiger partial charge in [-0.05, 0) is 49.2 Å². The Balaban J connectivity index is 1.53. The quantitative estimate of drug-likeness (QED) is 0.341. The number of thioether (sulfide) groups is 1. The minimum absolute atomic E-state index is 0.231. The lowest BCUT2D eigenvalue weighted by Gasteiger charge is -2.08. The minimum atomic E-state index is -0.957. The first-order chi connectivity index (χ1) is 13.4. The van der Waals surface area contributed by atoms with Crippen LogP contribution in [0.25, 0.3) is 0 Å². The fraction of sp³-hybridized carbons (Fsp3) is 0.250. The molecule has 8 heteroatoms. The van der Waals surface area contributed by atoms with E-state index in [1.165, 1.54) is 45.3 Å². The zero-order chi connectivity index (χ0) is 20.1. The highest BCUT2D eigenvalue weighted by Gasteiger charge is 2.12. The van der Waals surface area contributed by atoms with Crippen LogP contribution in [0.4, 0.5) is 0 Å². The van der Waals surface area contributed by atoms with Crippen molar-refractivity contribution < 1.29 is 14.6 Å². The Labute approximate surface area is 167 Å². The summed E-state index contributed by atoms with van der Waals surface area (Å²) < 4.78 is 7.14. The third-order valence-electron chi connectivity index (χ3n) is 4.27. The average Bonchev–Trinajstić information content (AvgIpc) is 3.02. The summed E-state index contributed by atoms with van der Waals surface area (Å²) in [5.74, 6) is 7.16. The molecule has 0 fully saturated rings. The minimum Gasteiger partial charge on any atom is -0.493 e. The zero-order valence-electron chi connectivity index (χ0n) is 15.8. The first kappa shape index (κ1) is 19.8. The molecule has 0 bridgehead atoms. The largest absolute Gasteiger partial charge is 0.493 e. The summed E-state index contributed by atoms with van der Waals surface area (Å²) in [5.41, 5.74) is 3.81. The molecule has 146 valence electrons. The highest BCUT2D eigenvalue weighted by atomic mass is 32.2. The van der Waals surface area contributed by atoms with E-state index in [0.717, 1.165) is 0 Å². The van der Waals surface area contributed by atoms with Gasteiger partial charge in [0.1, 0.15) is 5.75 Å². The summed E-state index contributed by atoms with van der Waals surface area (Å²) in [6.07, 6.45) is 0.629. The van der Waals surface area contributed by atoms with Crippen LogP contribution in [-0.2, 0) is 6.42 Å². The molecule has 0 saturated carbocycles. The number of aryl methyl sites for hydroxylation is 2. The van der Waals surface area contributed by atoms with E-state index in [-0.39, 0.29) is 5.56 Å². The van der Waals surface area contributed by atoms with Crippen molar-refractivity contribution in [1.29, 1.82) is 0 Å². The molecule has 0 aliphatic heterocycles. The van der Waals surface area contributed by atoms with E-state index in [1.807, 2.05) is 0 Å². The predicted octanol–water partition coefficient (Wildman–Crippen LogP) is 3.07. The lowest BCUT2D eigenvalue weighted by molar-refractivity contribution is 0.0697. The van der Waals surface area contributed by atoms with Gasteiger partial charge in [0.2, 0.25) is 5.16 Å². The van der Waals surface area contributed by atoms with Gasteiger partial charge in [0, 0.05) is 12.2 Å². The Morgan fingerprint density at radius 3 is 2.64 bits per heavy atom. The number of benzene rings is 2. The van der Waals surface area contributed by atoms with Crippen LogP contribution >= 0.6 is 11.8 Å². The van der Waals surface area contributed by atoms with E-state index >= 15 is 0 Å². The van der Waals surface area contributed by atoms with E-state index in [0.29, 0.717) is 35.5 Å². The van der Waals surface area contributed by atoms with Gasteiger partial charge in [0.25, 0.3) is 0 Å². The second-order valence-corrected chi connectivity index (χ2v) is 7.46. The van der Waals surface area contributed by atoms with Crippen LogP contribution in [-0.4, -0.2) is 38.3 Å². The van der Waals surface area contributed by atoms with E-state index < -0.39 is 5.97 Å². The second-order valence-electron chi connectivity index (χ2n) is 6.40. The number of nitrogens with two attached hydrogens (primary N) is 1. The first-order valence-corrected chi connectivity index (χ1v) is 9.77. The fourth-order valence-electron chi connectivity index (χ4n) is 2.67. The normalized spacial score (nSPS) is 10.8. The van der Waals surface area contributed by atoms with Crippen molar-refractivity contribution in [2.24, 2.45) is 0 Å². The molecule has 0 aliphatic rings. The van der Waals surface area contributed by atoms with Crippen LogP contribution < -0.4 is 10.6 Å². The smallest absolute Gasteiger partial charge is 0.335 e. The highest BCUT2D eigenvalue weighted by molar-refractivity contribution is 7.99. The lowest BCUT2D eigenvalue weighted by atomic mass is 10.0. The number of aromatic nitrogens is 3. The molecule has 0 amide bonds. The molecule has 0 spiro atoms. The molecule has 28 heavy (non-hydrogen) atoms. The van der Waals surface area contributed by atoms with Crippen LogP contribution in [0.2, 0.25) is 0 Å². The summed E-state index contributed by atoms with van der Waals surface area (Å²) in [5, 5.41) is 17.9. The summed E-state index contributed by atoms with van der Waals surface area (Å²) in [6.45, 7) is 4.57. The van der Waals surface area contributed by atoms with Crippen LogP contribution in [0.5, 0.6) is 5.75 Å². The third kappa shape index (κ3) is 4.83. The second kappa shape index (κ2) is 8.79. The van der Waals surface area contributed by atoms with Crippen LogP contribution in [0.1, 0.15) is 32.9 Å². The topological polar surface area (TPSA) is 103 Å². The van der Waals surface area contributed by atoms with Crippen LogP contribution in [0, 0.1) is 13.8 Å². The van der Waals surface area contributed by atoms with Gasteiger partial charge in [-0.15, -0.1) is 10.2 Å². The average molecular weight is 398 g/mol. The molecular formula is C20H22N4O3S. The molecule has 0 aliphatic carbocycles. The van der Waals surface area contributed by atoms with Crippen molar-refractivity contribution in [1.82, 2.24) is 14.9 Å². The van der Waals surface area contributed by atoms with Gasteiger partial charge in [-0.2, -0.15) is 0 Å². The van der Waals surface area contributed by atoms with Crippen LogP contribution in [0.3, 0.4) is 0 Å². The van der Waals surface area contributed by atoms with Crippen molar-refractivity contribution in [3.63, 3.8) is 0 Å².